The topological polar surface area (TPSA) is 374 Å². The number of amides is 6. The molecule has 0 bridgehead atoms. The van der Waals surface area contributed by atoms with Gasteiger partial charge in [-0.25, -0.2) is 9.78 Å². The molecule has 1 aromatic rings. The standard InChI is InChI=1S/C37H66N14O8S2/c1-61-17-12-26(36(58)59)48-31(53)25(10-6-15-44-37(41)42)46-30(52)24(9-3-5-14-39)47-33(55)28(20-60)50-32(54)27(18-22-19-43-21-45-22)49-34(56)29-11-7-16-51(29)35(57)23(40)8-2-4-13-38/h19,21,23-29,60H,2-18,20,38-40H2,1H3,(H,43,45)(H,46,52)(H,47,55)(H,48,53)(H,49,56)(H,50,54)(H,58,59)(H4,41,42,44)/t23-,24-,25-,26-,27-,28-,29-/m0/s1. The number of likely N-dealkylation sites (tertiary alicyclic amines) is 1. The first-order valence-electron chi connectivity index (χ1n) is 20.5. The van der Waals surface area contributed by atoms with Crippen LogP contribution < -0.4 is 55.3 Å². The Bertz CT molecular complexity index is 1590. The molecule has 0 radical (unpaired) electrons. The molecule has 344 valence electrons. The normalized spacial score (nSPS) is 16.5. The van der Waals surface area contributed by atoms with Crippen molar-refractivity contribution in [3.63, 3.8) is 0 Å². The molecule has 1 saturated heterocycles. The molecule has 7 atom stereocenters. The summed E-state index contributed by atoms with van der Waals surface area (Å²) >= 11 is 5.71. The van der Waals surface area contributed by atoms with Crippen LogP contribution in [0.15, 0.2) is 17.5 Å². The number of H-pyrrole nitrogens is 1. The SMILES string of the molecule is CSCC[C@H](NC(=O)[C@H](CCCN=C(N)N)NC(=O)[C@H](CCCCN)NC(=O)[C@H](CS)NC(=O)[C@H](Cc1cnc[nH]1)NC(=O)[C@@H]1CCCN1C(=O)[C@@H](N)CCCCN)C(=O)O. The van der Waals surface area contributed by atoms with Crippen LogP contribution in [0.5, 0.6) is 0 Å². The summed E-state index contributed by atoms with van der Waals surface area (Å²) in [5, 5.41) is 22.9. The van der Waals surface area contributed by atoms with Crippen LogP contribution in [0.1, 0.15) is 76.3 Å². The summed E-state index contributed by atoms with van der Waals surface area (Å²) in [7, 11) is 0. The van der Waals surface area contributed by atoms with Gasteiger partial charge in [-0.1, -0.05) is 6.42 Å². The van der Waals surface area contributed by atoms with Crippen molar-refractivity contribution in [3.05, 3.63) is 18.2 Å². The zero-order valence-electron chi connectivity index (χ0n) is 34.8. The van der Waals surface area contributed by atoms with Gasteiger partial charge in [0.05, 0.1) is 12.4 Å². The molecule has 2 heterocycles. The predicted octanol–water partition coefficient (Wildman–Crippen LogP) is -3.23. The van der Waals surface area contributed by atoms with E-state index < -0.39 is 77.8 Å². The third-order valence-electron chi connectivity index (χ3n) is 9.94. The van der Waals surface area contributed by atoms with E-state index in [-0.39, 0.29) is 56.3 Å². The van der Waals surface area contributed by atoms with Crippen LogP contribution in [0.25, 0.3) is 0 Å². The van der Waals surface area contributed by atoms with Crippen molar-refractivity contribution in [2.24, 2.45) is 33.7 Å². The number of aromatic nitrogens is 2. The molecular formula is C37H66N14O8S2. The Balaban J connectivity index is 2.27. The van der Waals surface area contributed by atoms with Gasteiger partial charge in [-0.05, 0) is 89.3 Å². The lowest BCUT2D eigenvalue weighted by Gasteiger charge is -2.29. The number of nitrogens with one attached hydrogen (secondary N) is 6. The molecule has 0 saturated carbocycles. The maximum absolute atomic E-state index is 13.9. The predicted molar refractivity (Wildman–Crippen MR) is 235 cm³/mol. The van der Waals surface area contributed by atoms with Crippen LogP contribution in [0.2, 0.25) is 0 Å². The molecule has 0 aromatic carbocycles. The number of aliphatic carboxylic acids is 1. The van der Waals surface area contributed by atoms with Crippen molar-refractivity contribution in [2.75, 3.05) is 43.9 Å². The summed E-state index contributed by atoms with van der Waals surface area (Å²) in [6, 6.07) is -7.87. The number of aliphatic imine (C=N–C) groups is 1. The molecular weight excluding hydrogens is 833 g/mol. The highest BCUT2D eigenvalue weighted by Crippen LogP contribution is 2.20. The average Bonchev–Trinajstić information content (AvgIpc) is 3.94. The first-order valence-corrected chi connectivity index (χ1v) is 22.5. The number of thiol groups is 1. The zero-order chi connectivity index (χ0) is 45.3. The molecule has 22 nitrogen and oxygen atoms in total. The molecule has 0 aliphatic carbocycles. The number of carboxylic acids is 1. The van der Waals surface area contributed by atoms with Crippen molar-refractivity contribution < 1.29 is 38.7 Å². The summed E-state index contributed by atoms with van der Waals surface area (Å²) in [4.78, 5) is 106. The first-order chi connectivity index (χ1) is 29.2. The largest absolute Gasteiger partial charge is 0.480 e. The van der Waals surface area contributed by atoms with Crippen LogP contribution in [0, 0.1) is 0 Å². The summed E-state index contributed by atoms with van der Waals surface area (Å²) in [5.41, 5.74) is 28.8. The Morgan fingerprint density at radius 3 is 1.98 bits per heavy atom. The average molecular weight is 899 g/mol. The number of unbranched alkanes of at least 4 members (excludes halogenated alkanes) is 2. The molecule has 0 spiro atoms. The summed E-state index contributed by atoms with van der Waals surface area (Å²) in [6.07, 6.45) is 8.75. The van der Waals surface area contributed by atoms with Crippen LogP contribution in [-0.2, 0) is 40.0 Å². The number of nitrogens with two attached hydrogens (primary N) is 5. The highest BCUT2D eigenvalue weighted by Gasteiger charge is 2.38. The van der Waals surface area contributed by atoms with E-state index in [9.17, 15) is 38.7 Å². The highest BCUT2D eigenvalue weighted by atomic mass is 32.2. The second-order valence-electron chi connectivity index (χ2n) is 14.7. The lowest BCUT2D eigenvalue weighted by Crippen LogP contribution is -2.60. The Labute approximate surface area is 366 Å². The molecule has 0 unspecified atom stereocenters. The summed E-state index contributed by atoms with van der Waals surface area (Å²) < 4.78 is 0. The molecule has 1 aliphatic heterocycles. The zero-order valence-corrected chi connectivity index (χ0v) is 36.5. The van der Waals surface area contributed by atoms with E-state index >= 15 is 0 Å². The van der Waals surface area contributed by atoms with Gasteiger partial charge in [0.2, 0.25) is 35.4 Å². The van der Waals surface area contributed by atoms with E-state index in [4.69, 9.17) is 28.7 Å². The van der Waals surface area contributed by atoms with Crippen molar-refractivity contribution in [1.82, 2.24) is 41.5 Å². The Morgan fingerprint density at radius 1 is 0.852 bits per heavy atom. The van der Waals surface area contributed by atoms with E-state index in [1.165, 1.54) is 29.2 Å². The van der Waals surface area contributed by atoms with Gasteiger partial charge in [-0.3, -0.25) is 33.8 Å². The van der Waals surface area contributed by atoms with Gasteiger partial charge in [0, 0.05) is 37.2 Å². The number of guanidine groups is 1. The summed E-state index contributed by atoms with van der Waals surface area (Å²) in [6.45, 7) is 1.22. The van der Waals surface area contributed by atoms with Gasteiger partial charge in [-0.2, -0.15) is 24.4 Å². The van der Waals surface area contributed by atoms with Gasteiger partial charge in [0.25, 0.3) is 0 Å². The first kappa shape index (κ1) is 52.5. The summed E-state index contributed by atoms with van der Waals surface area (Å²) in [5.74, 6) is -5.12. The minimum absolute atomic E-state index is 0.0276. The van der Waals surface area contributed by atoms with Crippen molar-refractivity contribution in [3.8, 4) is 0 Å². The number of carboxylic acid groups (broad SMARTS) is 1. The number of nitrogens with zero attached hydrogens (tertiary/aromatic N) is 3. The van der Waals surface area contributed by atoms with E-state index in [1.54, 1.807) is 6.26 Å². The lowest BCUT2D eigenvalue weighted by atomic mass is 10.0. The fourth-order valence-electron chi connectivity index (χ4n) is 6.55. The maximum Gasteiger partial charge on any atom is 0.326 e. The molecule has 1 aliphatic rings. The van der Waals surface area contributed by atoms with Gasteiger partial charge >= 0.3 is 5.97 Å². The molecule has 2 rings (SSSR count). The van der Waals surface area contributed by atoms with Crippen molar-refractivity contribution in [1.29, 1.82) is 0 Å². The van der Waals surface area contributed by atoms with Crippen LogP contribution in [-0.4, -0.2) is 154 Å². The van der Waals surface area contributed by atoms with E-state index in [0.717, 1.165) is 0 Å². The lowest BCUT2D eigenvalue weighted by molar-refractivity contribution is -0.142. The second kappa shape index (κ2) is 28.8. The van der Waals surface area contributed by atoms with E-state index in [2.05, 4.69) is 54.2 Å². The van der Waals surface area contributed by atoms with Crippen LogP contribution in [0.3, 0.4) is 0 Å². The molecule has 24 heteroatoms. The number of rotatable bonds is 30. The third-order valence-corrected chi connectivity index (χ3v) is 10.9. The molecule has 1 aromatic heterocycles. The number of carbonyl (C=O) groups excluding carboxylic acids is 6. The van der Waals surface area contributed by atoms with Crippen molar-refractivity contribution >= 4 is 71.8 Å². The fourth-order valence-corrected chi connectivity index (χ4v) is 7.28. The molecule has 61 heavy (non-hydrogen) atoms. The number of imidazole rings is 1. The Hall–Kier alpha value is -4.65. The van der Waals surface area contributed by atoms with E-state index in [0.29, 0.717) is 76.0 Å². The Morgan fingerprint density at radius 2 is 1.43 bits per heavy atom. The van der Waals surface area contributed by atoms with E-state index in [1.807, 2.05) is 0 Å². The third kappa shape index (κ3) is 18.9. The number of thioether (sulfide) groups is 1. The maximum atomic E-state index is 13.9. The smallest absolute Gasteiger partial charge is 0.326 e. The quantitative estimate of drug-likeness (QED) is 0.0156. The number of hydrogen-bond donors (Lipinski definition) is 13. The van der Waals surface area contributed by atoms with Gasteiger partial charge in [0.15, 0.2) is 5.96 Å². The monoisotopic (exact) mass is 898 g/mol. The number of hydrogen-bond acceptors (Lipinski definition) is 14. The Kier molecular flexibility index (Phi) is 24.8. The van der Waals surface area contributed by atoms with Gasteiger partial charge < -0.3 is 70.2 Å². The number of aromatic amines is 1. The molecule has 17 N–H and O–H groups in total. The van der Waals surface area contributed by atoms with Crippen LogP contribution >= 0.6 is 24.4 Å². The van der Waals surface area contributed by atoms with Gasteiger partial charge in [0.1, 0.15) is 36.3 Å². The van der Waals surface area contributed by atoms with Gasteiger partial charge in [-0.15, -0.1) is 0 Å². The highest BCUT2D eigenvalue weighted by molar-refractivity contribution is 7.98. The van der Waals surface area contributed by atoms with Crippen molar-refractivity contribution in [2.45, 2.75) is 119 Å². The van der Waals surface area contributed by atoms with Crippen LogP contribution in [0.4, 0.5) is 0 Å². The molecule has 1 fully saturated rings. The second-order valence-corrected chi connectivity index (χ2v) is 16.1. The minimum atomic E-state index is -1.30. The fraction of sp³-hybridized carbons (Fsp3) is 0.703. The minimum Gasteiger partial charge on any atom is -0.480 e. The molecule has 6 amide bonds. The number of carbonyl (C=O) groups is 7.